The molecule has 0 fully saturated rings. The Morgan fingerprint density at radius 3 is 2.67 bits per heavy atom. The molecular formula is C20H19N5O2. The number of rotatable bonds is 4. The molecule has 3 N–H and O–H groups in total. The van der Waals surface area contributed by atoms with Gasteiger partial charge in [-0.2, -0.15) is 0 Å². The fraction of sp³-hybridized carbons (Fsp3) is 0.200. The van der Waals surface area contributed by atoms with Crippen molar-refractivity contribution in [3.63, 3.8) is 0 Å². The first-order valence-electron chi connectivity index (χ1n) is 8.71. The predicted molar refractivity (Wildman–Crippen MR) is 105 cm³/mol. The maximum absolute atomic E-state index is 12.9. The average molecular weight is 361 g/mol. The number of phenolic OH excluding ortho intramolecular Hbond substituents is 1. The van der Waals surface area contributed by atoms with Crippen LogP contribution in [0.2, 0.25) is 0 Å². The van der Waals surface area contributed by atoms with Gasteiger partial charge in [0.15, 0.2) is 5.65 Å². The van der Waals surface area contributed by atoms with Crippen LogP contribution in [0.5, 0.6) is 5.75 Å². The van der Waals surface area contributed by atoms with Crippen LogP contribution in [0, 0.1) is 0 Å². The van der Waals surface area contributed by atoms with Crippen molar-refractivity contribution < 1.29 is 9.90 Å². The number of hydrogen-bond donors (Lipinski definition) is 3. The summed E-state index contributed by atoms with van der Waals surface area (Å²) in [5, 5.41) is 18.1. The molecule has 0 bridgehead atoms. The quantitative estimate of drug-likeness (QED) is 0.381. The molecule has 0 radical (unpaired) electrons. The third-order valence-corrected chi connectivity index (χ3v) is 4.64. The number of hydrogen-bond acceptors (Lipinski definition) is 6. The van der Waals surface area contributed by atoms with E-state index in [0.29, 0.717) is 34.1 Å². The lowest BCUT2D eigenvalue weighted by Gasteiger charge is -2.15. The highest BCUT2D eigenvalue weighted by atomic mass is 16.3. The number of likely N-dealkylation sites (N-methyl/N-ethyl adjacent to an activating group) is 1. The molecule has 2 aromatic heterocycles. The van der Waals surface area contributed by atoms with Crippen molar-refractivity contribution in [1.29, 1.82) is 0 Å². The summed E-state index contributed by atoms with van der Waals surface area (Å²) in [6.45, 7) is 2.38. The van der Waals surface area contributed by atoms with Crippen molar-refractivity contribution in [3.8, 4) is 5.75 Å². The summed E-state index contributed by atoms with van der Waals surface area (Å²) in [5.74, 6) is -0.479. The number of fused-ring (bicyclic) bond motifs is 4. The molecule has 0 saturated heterocycles. The summed E-state index contributed by atoms with van der Waals surface area (Å²) in [7, 11) is 1.82. The van der Waals surface area contributed by atoms with Crippen molar-refractivity contribution in [3.05, 3.63) is 48.2 Å². The number of carbonyl (C=O) groups is 1. The molecule has 7 heteroatoms. The van der Waals surface area contributed by atoms with E-state index in [2.05, 4.69) is 25.6 Å². The molecule has 27 heavy (non-hydrogen) atoms. The fourth-order valence-electron chi connectivity index (χ4n) is 3.05. The molecule has 0 aliphatic heterocycles. The number of aromatic hydroxyl groups is 1. The molecule has 1 atom stereocenters. The van der Waals surface area contributed by atoms with Gasteiger partial charge in [0.25, 0.3) is 5.91 Å². The number of benzene rings is 2. The second-order valence-electron chi connectivity index (χ2n) is 6.44. The van der Waals surface area contributed by atoms with Gasteiger partial charge in [0.05, 0.1) is 0 Å². The van der Waals surface area contributed by atoms with Gasteiger partial charge in [-0.15, -0.1) is 0 Å². The molecule has 1 amide bonds. The summed E-state index contributed by atoms with van der Waals surface area (Å²) in [4.78, 5) is 26.4. The van der Waals surface area contributed by atoms with E-state index in [0.717, 1.165) is 5.39 Å². The highest BCUT2D eigenvalue weighted by Crippen LogP contribution is 2.36. The van der Waals surface area contributed by atoms with Gasteiger partial charge < -0.3 is 15.7 Å². The van der Waals surface area contributed by atoms with E-state index in [9.17, 15) is 9.90 Å². The van der Waals surface area contributed by atoms with E-state index in [-0.39, 0.29) is 23.3 Å². The SMILES string of the molecule is CNC(C)CNC(=O)c1c(O)c2ccccc2c2nc3ncccc3nc12. The zero-order valence-electron chi connectivity index (χ0n) is 15.0. The van der Waals surface area contributed by atoms with Crippen LogP contribution in [0.4, 0.5) is 0 Å². The lowest BCUT2D eigenvalue weighted by atomic mass is 10.0. The normalized spacial score (nSPS) is 12.5. The second kappa shape index (κ2) is 6.77. The number of pyridine rings is 1. The maximum atomic E-state index is 12.9. The Labute approximate surface area is 155 Å². The lowest BCUT2D eigenvalue weighted by molar-refractivity contribution is 0.0949. The molecule has 4 aromatic rings. The van der Waals surface area contributed by atoms with E-state index < -0.39 is 0 Å². The minimum Gasteiger partial charge on any atom is -0.506 e. The number of aromatic nitrogens is 3. The van der Waals surface area contributed by atoms with Gasteiger partial charge in [0.1, 0.15) is 27.9 Å². The van der Waals surface area contributed by atoms with Gasteiger partial charge in [-0.1, -0.05) is 24.3 Å². The topological polar surface area (TPSA) is 100 Å². The zero-order valence-corrected chi connectivity index (χ0v) is 15.0. The van der Waals surface area contributed by atoms with E-state index >= 15 is 0 Å². The van der Waals surface area contributed by atoms with Crippen LogP contribution in [-0.2, 0) is 0 Å². The summed E-state index contributed by atoms with van der Waals surface area (Å²) in [6, 6.07) is 10.9. The Morgan fingerprint density at radius 2 is 1.89 bits per heavy atom. The van der Waals surface area contributed by atoms with Gasteiger partial charge >= 0.3 is 0 Å². The average Bonchev–Trinajstić information content (AvgIpc) is 2.71. The molecule has 0 spiro atoms. The number of carbonyl (C=O) groups excluding carboxylic acids is 1. The lowest BCUT2D eigenvalue weighted by Crippen LogP contribution is -2.37. The second-order valence-corrected chi connectivity index (χ2v) is 6.44. The monoisotopic (exact) mass is 361 g/mol. The standard InChI is InChI=1S/C20H19N5O2/c1-11(21-2)10-23-20(27)15-17-16(12-6-3-4-7-13(12)18(15)26)25-19-14(24-17)8-5-9-22-19/h3-9,11,21,26H,10H2,1-2H3,(H,23,27). The summed E-state index contributed by atoms with van der Waals surface area (Å²) in [6.07, 6.45) is 1.65. The van der Waals surface area contributed by atoms with Gasteiger partial charge in [-0.05, 0) is 26.1 Å². The van der Waals surface area contributed by atoms with Crippen LogP contribution >= 0.6 is 0 Å². The zero-order chi connectivity index (χ0) is 19.0. The summed E-state index contributed by atoms with van der Waals surface area (Å²) >= 11 is 0. The first-order chi connectivity index (χ1) is 13.1. The summed E-state index contributed by atoms with van der Waals surface area (Å²) < 4.78 is 0. The van der Waals surface area contributed by atoms with E-state index in [1.807, 2.05) is 32.2 Å². The highest BCUT2D eigenvalue weighted by Gasteiger charge is 2.22. The van der Waals surface area contributed by atoms with Crippen LogP contribution in [0.25, 0.3) is 33.0 Å². The van der Waals surface area contributed by atoms with Gasteiger partial charge in [-0.25, -0.2) is 15.0 Å². The van der Waals surface area contributed by atoms with Gasteiger partial charge in [0.2, 0.25) is 0 Å². The molecule has 2 aromatic carbocycles. The van der Waals surface area contributed by atoms with E-state index in [4.69, 9.17) is 0 Å². The molecule has 4 rings (SSSR count). The summed E-state index contributed by atoms with van der Waals surface area (Å²) in [5.41, 5.74) is 2.10. The Morgan fingerprint density at radius 1 is 1.11 bits per heavy atom. The van der Waals surface area contributed by atoms with Crippen molar-refractivity contribution in [2.24, 2.45) is 0 Å². The fourth-order valence-corrected chi connectivity index (χ4v) is 3.05. The third kappa shape index (κ3) is 2.92. The predicted octanol–water partition coefficient (Wildman–Crippen LogP) is 2.37. The number of nitrogens with one attached hydrogen (secondary N) is 2. The Bertz CT molecular complexity index is 1180. The Kier molecular flexibility index (Phi) is 4.29. The minimum absolute atomic E-state index is 0.0924. The molecule has 1 unspecified atom stereocenters. The molecule has 2 heterocycles. The van der Waals surface area contributed by atoms with Gasteiger partial charge in [-0.3, -0.25) is 4.79 Å². The first kappa shape index (κ1) is 17.1. The number of nitrogens with zero attached hydrogens (tertiary/aromatic N) is 3. The van der Waals surface area contributed by atoms with Crippen LogP contribution in [0.15, 0.2) is 42.6 Å². The van der Waals surface area contributed by atoms with Crippen molar-refractivity contribution >= 4 is 38.9 Å². The smallest absolute Gasteiger partial charge is 0.257 e. The Balaban J connectivity index is 2.01. The molecule has 136 valence electrons. The van der Waals surface area contributed by atoms with Crippen molar-refractivity contribution in [1.82, 2.24) is 25.6 Å². The van der Waals surface area contributed by atoms with E-state index in [1.165, 1.54) is 0 Å². The molecule has 0 aliphatic rings. The molecular weight excluding hydrogens is 342 g/mol. The van der Waals surface area contributed by atoms with Crippen molar-refractivity contribution in [2.45, 2.75) is 13.0 Å². The Hall–Kier alpha value is -3.32. The van der Waals surface area contributed by atoms with Crippen LogP contribution in [0.3, 0.4) is 0 Å². The maximum Gasteiger partial charge on any atom is 0.257 e. The largest absolute Gasteiger partial charge is 0.506 e. The van der Waals surface area contributed by atoms with Crippen LogP contribution < -0.4 is 10.6 Å². The van der Waals surface area contributed by atoms with Gasteiger partial charge in [0, 0.05) is 29.6 Å². The molecule has 7 nitrogen and oxygen atoms in total. The first-order valence-corrected chi connectivity index (χ1v) is 8.71. The van der Waals surface area contributed by atoms with Crippen molar-refractivity contribution in [2.75, 3.05) is 13.6 Å². The number of amides is 1. The highest BCUT2D eigenvalue weighted by molar-refractivity contribution is 6.19. The molecule has 0 saturated carbocycles. The number of phenols is 1. The van der Waals surface area contributed by atoms with E-state index in [1.54, 1.807) is 24.4 Å². The molecule has 0 aliphatic carbocycles. The van der Waals surface area contributed by atoms with Crippen LogP contribution in [0.1, 0.15) is 17.3 Å². The minimum atomic E-state index is -0.386. The van der Waals surface area contributed by atoms with Crippen LogP contribution in [-0.4, -0.2) is 45.6 Å². The third-order valence-electron chi connectivity index (χ3n) is 4.64.